The van der Waals surface area contributed by atoms with Gasteiger partial charge in [0.25, 0.3) is 0 Å². The SMILES string of the molecule is C#C[C@H]1[C@H](O)[C@@H](CO)O[C@H]1n1cnc2c(Cl)nc(NC(=O)C(C)C)nc21. The van der Waals surface area contributed by atoms with Crippen molar-refractivity contribution in [1.82, 2.24) is 19.5 Å². The predicted octanol–water partition coefficient (Wildman–Crippen LogP) is 0.574. The van der Waals surface area contributed by atoms with E-state index in [2.05, 4.69) is 26.2 Å². The van der Waals surface area contributed by atoms with E-state index in [4.69, 9.17) is 22.8 Å². The Morgan fingerprint density at radius 3 is 2.88 bits per heavy atom. The third-order valence-electron chi connectivity index (χ3n) is 4.16. The molecule has 1 saturated heterocycles. The molecule has 2 aromatic heterocycles. The Hall–Kier alpha value is -2.25. The van der Waals surface area contributed by atoms with Crippen molar-refractivity contribution in [3.63, 3.8) is 0 Å². The number of imidazole rings is 1. The lowest BCUT2D eigenvalue weighted by Crippen LogP contribution is -2.28. The van der Waals surface area contributed by atoms with E-state index < -0.39 is 24.4 Å². The standard InChI is InChI=1S/C16H18ClN5O4/c1-4-8-11(24)9(5-23)26-15(8)22-6-18-10-12(17)19-16(20-13(10)22)21-14(25)7(2)3/h1,6-9,11,15,23-24H,5H2,2-3H3,(H,19,20,21,25)/t8-,9+,11-,15+/m0/s1. The smallest absolute Gasteiger partial charge is 0.232 e. The van der Waals surface area contributed by atoms with Gasteiger partial charge in [0.15, 0.2) is 17.0 Å². The van der Waals surface area contributed by atoms with Gasteiger partial charge in [0.05, 0.1) is 18.9 Å². The zero-order valence-corrected chi connectivity index (χ0v) is 14.9. The molecule has 9 nitrogen and oxygen atoms in total. The Balaban J connectivity index is 2.03. The summed E-state index contributed by atoms with van der Waals surface area (Å²) in [5.74, 6) is 1.26. The molecule has 3 rings (SSSR count). The van der Waals surface area contributed by atoms with Crippen molar-refractivity contribution < 1.29 is 19.7 Å². The molecular formula is C16H18ClN5O4. The third-order valence-corrected chi connectivity index (χ3v) is 4.42. The van der Waals surface area contributed by atoms with Crippen LogP contribution in [0.2, 0.25) is 5.15 Å². The second-order valence-electron chi connectivity index (χ2n) is 6.24. The highest BCUT2D eigenvalue weighted by Gasteiger charge is 2.44. The molecule has 1 amide bonds. The maximum absolute atomic E-state index is 11.9. The Morgan fingerprint density at radius 1 is 1.54 bits per heavy atom. The van der Waals surface area contributed by atoms with Crippen LogP contribution in [-0.2, 0) is 9.53 Å². The molecule has 0 saturated carbocycles. The van der Waals surface area contributed by atoms with Gasteiger partial charge in [0, 0.05) is 5.92 Å². The molecule has 1 aliphatic heterocycles. The number of carbonyl (C=O) groups is 1. The van der Waals surface area contributed by atoms with E-state index in [9.17, 15) is 15.0 Å². The Kier molecular flexibility index (Phi) is 5.11. The first kappa shape index (κ1) is 18.5. The maximum Gasteiger partial charge on any atom is 0.232 e. The van der Waals surface area contributed by atoms with Crippen LogP contribution in [0.5, 0.6) is 0 Å². The van der Waals surface area contributed by atoms with Gasteiger partial charge in [-0.15, -0.1) is 6.42 Å². The average Bonchev–Trinajstić information content (AvgIpc) is 3.15. The van der Waals surface area contributed by atoms with Crippen LogP contribution in [0.15, 0.2) is 6.33 Å². The monoisotopic (exact) mass is 379 g/mol. The second kappa shape index (κ2) is 7.17. The molecule has 1 aliphatic rings. The number of aliphatic hydroxyl groups is 2. The average molecular weight is 380 g/mol. The lowest BCUT2D eigenvalue weighted by molar-refractivity contribution is -0.118. The number of amides is 1. The lowest BCUT2D eigenvalue weighted by Gasteiger charge is -2.17. The molecule has 0 aromatic carbocycles. The van der Waals surface area contributed by atoms with E-state index in [1.807, 2.05) is 0 Å². The van der Waals surface area contributed by atoms with Gasteiger partial charge in [-0.1, -0.05) is 31.4 Å². The number of rotatable bonds is 4. The van der Waals surface area contributed by atoms with Gasteiger partial charge < -0.3 is 14.9 Å². The number of hydrogen-bond donors (Lipinski definition) is 3. The van der Waals surface area contributed by atoms with E-state index in [-0.39, 0.29) is 29.5 Å². The van der Waals surface area contributed by atoms with Gasteiger partial charge in [-0.05, 0) is 0 Å². The van der Waals surface area contributed by atoms with Crippen molar-refractivity contribution in [1.29, 1.82) is 0 Å². The Labute approximate surface area is 154 Å². The molecule has 3 N–H and O–H groups in total. The molecule has 0 spiro atoms. The summed E-state index contributed by atoms with van der Waals surface area (Å²) in [5, 5.41) is 22.2. The van der Waals surface area contributed by atoms with Crippen LogP contribution in [0, 0.1) is 24.2 Å². The molecule has 26 heavy (non-hydrogen) atoms. The first-order valence-electron chi connectivity index (χ1n) is 7.98. The fraction of sp³-hybridized carbons (Fsp3) is 0.500. The number of halogens is 1. The highest BCUT2D eigenvalue weighted by Crippen LogP contribution is 2.36. The summed E-state index contributed by atoms with van der Waals surface area (Å²) < 4.78 is 7.18. The van der Waals surface area contributed by atoms with Crippen LogP contribution in [0.1, 0.15) is 20.1 Å². The summed E-state index contributed by atoms with van der Waals surface area (Å²) in [6, 6.07) is 0. The van der Waals surface area contributed by atoms with Crippen LogP contribution >= 0.6 is 11.6 Å². The number of fused-ring (bicyclic) bond motifs is 1. The van der Waals surface area contributed by atoms with Crippen LogP contribution in [-0.4, -0.2) is 54.5 Å². The van der Waals surface area contributed by atoms with Gasteiger partial charge in [-0.3, -0.25) is 14.7 Å². The van der Waals surface area contributed by atoms with E-state index >= 15 is 0 Å². The quantitative estimate of drug-likeness (QED) is 0.524. The molecule has 138 valence electrons. The topological polar surface area (TPSA) is 122 Å². The molecule has 0 radical (unpaired) electrons. The van der Waals surface area contributed by atoms with Gasteiger partial charge in [-0.25, -0.2) is 4.98 Å². The van der Waals surface area contributed by atoms with E-state index in [1.54, 1.807) is 13.8 Å². The van der Waals surface area contributed by atoms with Gasteiger partial charge in [-0.2, -0.15) is 9.97 Å². The number of aromatic nitrogens is 4. The van der Waals surface area contributed by atoms with Gasteiger partial charge in [0.2, 0.25) is 11.9 Å². The summed E-state index contributed by atoms with van der Waals surface area (Å²) in [7, 11) is 0. The van der Waals surface area contributed by atoms with Crippen LogP contribution < -0.4 is 5.32 Å². The molecule has 0 aliphatic carbocycles. The van der Waals surface area contributed by atoms with Crippen molar-refractivity contribution in [2.45, 2.75) is 32.3 Å². The van der Waals surface area contributed by atoms with Crippen molar-refractivity contribution in [3.05, 3.63) is 11.5 Å². The molecule has 3 heterocycles. The van der Waals surface area contributed by atoms with Crippen LogP contribution in [0.25, 0.3) is 11.2 Å². The normalized spacial score (nSPS) is 25.6. The van der Waals surface area contributed by atoms with Crippen molar-refractivity contribution in [3.8, 4) is 12.3 Å². The number of anilines is 1. The van der Waals surface area contributed by atoms with Crippen molar-refractivity contribution in [2.75, 3.05) is 11.9 Å². The molecule has 2 aromatic rings. The summed E-state index contributed by atoms with van der Waals surface area (Å²) in [4.78, 5) is 24.4. The van der Waals surface area contributed by atoms with E-state index in [0.717, 1.165) is 0 Å². The summed E-state index contributed by atoms with van der Waals surface area (Å²) >= 11 is 6.15. The van der Waals surface area contributed by atoms with Crippen LogP contribution in [0.3, 0.4) is 0 Å². The summed E-state index contributed by atoms with van der Waals surface area (Å²) in [6.45, 7) is 3.09. The zero-order valence-electron chi connectivity index (χ0n) is 14.1. The van der Waals surface area contributed by atoms with Crippen molar-refractivity contribution in [2.24, 2.45) is 11.8 Å². The molecule has 10 heteroatoms. The fourth-order valence-electron chi connectivity index (χ4n) is 2.69. The highest BCUT2D eigenvalue weighted by atomic mass is 35.5. The number of carbonyl (C=O) groups excluding carboxylic acids is 1. The molecule has 1 fully saturated rings. The molecule has 4 atom stereocenters. The summed E-state index contributed by atoms with van der Waals surface area (Å²) in [6.07, 6.45) is 4.28. The van der Waals surface area contributed by atoms with Crippen LogP contribution in [0.4, 0.5) is 5.95 Å². The fourth-order valence-corrected chi connectivity index (χ4v) is 2.91. The second-order valence-corrected chi connectivity index (χ2v) is 6.59. The number of aliphatic hydroxyl groups excluding tert-OH is 2. The lowest BCUT2D eigenvalue weighted by atomic mass is 10.0. The van der Waals surface area contributed by atoms with Gasteiger partial charge >= 0.3 is 0 Å². The summed E-state index contributed by atoms with van der Waals surface area (Å²) in [5.41, 5.74) is 0.593. The number of hydrogen-bond acceptors (Lipinski definition) is 7. The minimum atomic E-state index is -1.04. The molecule has 0 bridgehead atoms. The largest absolute Gasteiger partial charge is 0.394 e. The predicted molar refractivity (Wildman–Crippen MR) is 93.1 cm³/mol. The first-order chi connectivity index (χ1) is 12.4. The number of nitrogens with zero attached hydrogens (tertiary/aromatic N) is 4. The van der Waals surface area contributed by atoms with E-state index in [0.29, 0.717) is 11.2 Å². The zero-order chi connectivity index (χ0) is 19.0. The minimum Gasteiger partial charge on any atom is -0.394 e. The number of terminal acetylenes is 1. The number of nitrogens with one attached hydrogen (secondary N) is 1. The maximum atomic E-state index is 11.9. The minimum absolute atomic E-state index is 0.0254. The molecule has 0 unspecified atom stereocenters. The Morgan fingerprint density at radius 2 is 2.27 bits per heavy atom. The first-order valence-corrected chi connectivity index (χ1v) is 8.36. The van der Waals surface area contributed by atoms with Gasteiger partial charge in [0.1, 0.15) is 17.7 Å². The molecular weight excluding hydrogens is 362 g/mol. The highest BCUT2D eigenvalue weighted by molar-refractivity contribution is 6.33. The number of ether oxygens (including phenoxy) is 1. The third kappa shape index (κ3) is 3.12. The van der Waals surface area contributed by atoms with Crippen molar-refractivity contribution >= 4 is 34.6 Å². The van der Waals surface area contributed by atoms with E-state index in [1.165, 1.54) is 10.9 Å². The Bertz CT molecular complexity index is 877.